The van der Waals surface area contributed by atoms with Crippen molar-refractivity contribution in [2.24, 2.45) is 0 Å². The van der Waals surface area contributed by atoms with Crippen molar-refractivity contribution in [3.8, 4) is 0 Å². The number of sulfonamides is 1. The van der Waals surface area contributed by atoms with Crippen LogP contribution in [0.15, 0.2) is 35.2 Å². The molecule has 0 saturated carbocycles. The fraction of sp³-hybridized carbons (Fsp3) is 0.0833. The summed E-state index contributed by atoms with van der Waals surface area (Å²) in [5, 5.41) is -0.0592. The summed E-state index contributed by atoms with van der Waals surface area (Å²) in [7, 11) is -4.21. The minimum Gasteiger partial charge on any atom is -0.276 e. The highest BCUT2D eigenvalue weighted by Crippen LogP contribution is 2.24. The highest BCUT2D eigenvalue weighted by molar-refractivity contribution is 7.92. The zero-order valence-electron chi connectivity index (χ0n) is 10.2. The van der Waals surface area contributed by atoms with Crippen molar-refractivity contribution < 1.29 is 17.2 Å². The van der Waals surface area contributed by atoms with Crippen molar-refractivity contribution in [3.63, 3.8) is 0 Å². The molecule has 106 valence electrons. The Morgan fingerprint density at radius 3 is 2.50 bits per heavy atom. The van der Waals surface area contributed by atoms with Gasteiger partial charge in [-0.05, 0) is 31.2 Å². The fourth-order valence-electron chi connectivity index (χ4n) is 1.49. The number of benzene rings is 1. The van der Waals surface area contributed by atoms with Crippen molar-refractivity contribution in [1.82, 2.24) is 4.98 Å². The fourth-order valence-corrected chi connectivity index (χ4v) is 2.92. The standard InChI is InChI=1S/C12H9ClF2N2O2S/c1-7-2-4-10(12(13)16-7)17-20(18,19)11-5-3-8(14)6-9(11)15/h2-6,17H,1H3. The summed E-state index contributed by atoms with van der Waals surface area (Å²) >= 11 is 5.80. The molecule has 0 amide bonds. The number of nitrogens with zero attached hydrogens (tertiary/aromatic N) is 1. The second-order valence-corrected chi connectivity index (χ2v) is 5.98. The Kier molecular flexibility index (Phi) is 3.92. The maximum Gasteiger partial charge on any atom is 0.264 e. The molecule has 8 heteroatoms. The number of aromatic nitrogens is 1. The van der Waals surface area contributed by atoms with Gasteiger partial charge in [-0.3, -0.25) is 4.72 Å². The molecule has 0 aliphatic rings. The van der Waals surface area contributed by atoms with Gasteiger partial charge in [0, 0.05) is 11.8 Å². The van der Waals surface area contributed by atoms with E-state index in [0.29, 0.717) is 11.8 Å². The molecule has 1 N–H and O–H groups in total. The molecule has 0 saturated heterocycles. The Morgan fingerprint density at radius 2 is 1.90 bits per heavy atom. The first kappa shape index (κ1) is 14.7. The molecule has 1 aromatic carbocycles. The van der Waals surface area contributed by atoms with Crippen LogP contribution in [0.25, 0.3) is 0 Å². The minimum absolute atomic E-state index is 0.0148. The molecule has 0 aliphatic carbocycles. The van der Waals surface area contributed by atoms with Crippen molar-refractivity contribution >= 4 is 27.3 Å². The first-order valence-electron chi connectivity index (χ1n) is 5.40. The topological polar surface area (TPSA) is 59.1 Å². The number of rotatable bonds is 3. The zero-order valence-corrected chi connectivity index (χ0v) is 11.8. The molecule has 0 radical (unpaired) electrons. The van der Waals surface area contributed by atoms with Crippen LogP contribution in [0, 0.1) is 18.6 Å². The van der Waals surface area contributed by atoms with Crippen LogP contribution in [0.3, 0.4) is 0 Å². The molecule has 2 aromatic rings. The lowest BCUT2D eigenvalue weighted by atomic mass is 10.3. The number of anilines is 1. The van der Waals surface area contributed by atoms with Gasteiger partial charge in [0.1, 0.15) is 16.5 Å². The van der Waals surface area contributed by atoms with Gasteiger partial charge in [0.05, 0.1) is 5.69 Å². The SMILES string of the molecule is Cc1ccc(NS(=O)(=O)c2ccc(F)cc2F)c(Cl)n1. The minimum atomic E-state index is -4.21. The van der Waals surface area contributed by atoms with Crippen molar-refractivity contribution in [2.45, 2.75) is 11.8 Å². The van der Waals surface area contributed by atoms with E-state index in [1.54, 1.807) is 13.0 Å². The molecule has 0 atom stereocenters. The van der Waals surface area contributed by atoms with E-state index in [2.05, 4.69) is 9.71 Å². The summed E-state index contributed by atoms with van der Waals surface area (Å²) in [6.45, 7) is 1.68. The van der Waals surface area contributed by atoms with Crippen LogP contribution >= 0.6 is 11.6 Å². The average Bonchev–Trinajstić information content (AvgIpc) is 2.32. The molecule has 0 unspecified atom stereocenters. The Balaban J connectivity index is 2.41. The van der Waals surface area contributed by atoms with Gasteiger partial charge in [0.15, 0.2) is 5.15 Å². The molecule has 0 spiro atoms. The summed E-state index contributed by atoms with van der Waals surface area (Å²) in [5.41, 5.74) is 0.618. The quantitative estimate of drug-likeness (QED) is 0.885. The van der Waals surface area contributed by atoms with Crippen molar-refractivity contribution in [1.29, 1.82) is 0 Å². The van der Waals surface area contributed by atoms with Crippen LogP contribution < -0.4 is 4.72 Å². The van der Waals surface area contributed by atoms with Crippen LogP contribution in [0.1, 0.15) is 5.69 Å². The van der Waals surface area contributed by atoms with Gasteiger partial charge in [-0.2, -0.15) is 0 Å². The van der Waals surface area contributed by atoms with Crippen LogP contribution in [-0.4, -0.2) is 13.4 Å². The lowest BCUT2D eigenvalue weighted by Crippen LogP contribution is -2.15. The van der Waals surface area contributed by atoms with Gasteiger partial charge in [-0.15, -0.1) is 0 Å². The van der Waals surface area contributed by atoms with Gasteiger partial charge in [-0.1, -0.05) is 11.6 Å². The van der Waals surface area contributed by atoms with E-state index >= 15 is 0 Å². The first-order valence-corrected chi connectivity index (χ1v) is 7.27. The van der Waals surface area contributed by atoms with E-state index in [4.69, 9.17) is 11.6 Å². The number of hydrogen-bond donors (Lipinski definition) is 1. The van der Waals surface area contributed by atoms with Crippen LogP contribution in [-0.2, 0) is 10.0 Å². The third kappa shape index (κ3) is 3.05. The summed E-state index contributed by atoms with van der Waals surface area (Å²) in [4.78, 5) is 3.20. The molecule has 0 bridgehead atoms. The highest BCUT2D eigenvalue weighted by atomic mass is 35.5. The summed E-state index contributed by atoms with van der Waals surface area (Å²) in [6, 6.07) is 5.13. The number of hydrogen-bond acceptors (Lipinski definition) is 3. The van der Waals surface area contributed by atoms with E-state index in [9.17, 15) is 17.2 Å². The molecule has 20 heavy (non-hydrogen) atoms. The molecular weight excluding hydrogens is 310 g/mol. The molecule has 0 fully saturated rings. The number of aryl methyl sites for hydroxylation is 1. The Labute approximate surface area is 119 Å². The molecular formula is C12H9ClF2N2O2S. The van der Waals surface area contributed by atoms with Crippen molar-refractivity contribution in [2.75, 3.05) is 4.72 Å². The summed E-state index contributed by atoms with van der Waals surface area (Å²) in [6.07, 6.45) is 0. The second-order valence-electron chi connectivity index (χ2n) is 3.97. The maximum absolute atomic E-state index is 13.5. The Bertz CT molecular complexity index is 766. The summed E-state index contributed by atoms with van der Waals surface area (Å²) < 4.78 is 52.4. The molecule has 0 aliphatic heterocycles. The smallest absolute Gasteiger partial charge is 0.264 e. The number of nitrogens with one attached hydrogen (secondary N) is 1. The van der Waals surface area contributed by atoms with Gasteiger partial charge >= 0.3 is 0 Å². The maximum atomic E-state index is 13.5. The largest absolute Gasteiger partial charge is 0.276 e. The van der Waals surface area contributed by atoms with Crippen LogP contribution in [0.2, 0.25) is 5.15 Å². The normalized spacial score (nSPS) is 11.4. The lowest BCUT2D eigenvalue weighted by Gasteiger charge is -2.10. The molecule has 4 nitrogen and oxygen atoms in total. The third-order valence-electron chi connectivity index (χ3n) is 2.42. The first-order chi connectivity index (χ1) is 9.29. The monoisotopic (exact) mass is 318 g/mol. The van der Waals surface area contributed by atoms with Gasteiger partial charge in [0.25, 0.3) is 10.0 Å². The highest BCUT2D eigenvalue weighted by Gasteiger charge is 2.21. The molecule has 1 aromatic heterocycles. The van der Waals surface area contributed by atoms with Crippen LogP contribution in [0.4, 0.5) is 14.5 Å². The van der Waals surface area contributed by atoms with E-state index in [1.165, 1.54) is 6.07 Å². The van der Waals surface area contributed by atoms with Gasteiger partial charge < -0.3 is 0 Å². The van der Waals surface area contributed by atoms with E-state index in [0.717, 1.165) is 12.1 Å². The van der Waals surface area contributed by atoms with E-state index in [-0.39, 0.29) is 10.8 Å². The third-order valence-corrected chi connectivity index (χ3v) is 4.10. The summed E-state index contributed by atoms with van der Waals surface area (Å²) in [5.74, 6) is -2.05. The number of halogens is 3. The Morgan fingerprint density at radius 1 is 1.20 bits per heavy atom. The van der Waals surface area contributed by atoms with Crippen LogP contribution in [0.5, 0.6) is 0 Å². The van der Waals surface area contributed by atoms with E-state index in [1.807, 2.05) is 0 Å². The average molecular weight is 319 g/mol. The predicted octanol–water partition coefficient (Wildman–Crippen LogP) is 3.12. The Hall–Kier alpha value is -1.73. The number of pyridine rings is 1. The van der Waals surface area contributed by atoms with Gasteiger partial charge in [0.2, 0.25) is 0 Å². The lowest BCUT2D eigenvalue weighted by molar-refractivity contribution is 0.551. The predicted molar refractivity (Wildman–Crippen MR) is 71.2 cm³/mol. The molecule has 2 rings (SSSR count). The molecule has 1 heterocycles. The van der Waals surface area contributed by atoms with E-state index < -0.39 is 26.6 Å². The van der Waals surface area contributed by atoms with Gasteiger partial charge in [-0.25, -0.2) is 22.2 Å². The van der Waals surface area contributed by atoms with Crippen molar-refractivity contribution in [3.05, 3.63) is 52.8 Å². The second kappa shape index (κ2) is 5.34. The zero-order chi connectivity index (χ0) is 14.9.